The van der Waals surface area contributed by atoms with E-state index in [4.69, 9.17) is 4.74 Å². The lowest BCUT2D eigenvalue weighted by Gasteiger charge is -2.12. The number of ether oxygens (including phenoxy) is 1. The Morgan fingerprint density at radius 3 is 2.39 bits per heavy atom. The Morgan fingerprint density at radius 1 is 0.970 bits per heavy atom. The lowest BCUT2D eigenvalue weighted by Crippen LogP contribution is -1.97. The fraction of sp³-hybridized carbons (Fsp3) is 0.0385. The van der Waals surface area contributed by atoms with Crippen LogP contribution in [0.5, 0.6) is 5.75 Å². The summed E-state index contributed by atoms with van der Waals surface area (Å²) in [4.78, 5) is 10.6. The summed E-state index contributed by atoms with van der Waals surface area (Å²) in [7, 11) is 0. The van der Waals surface area contributed by atoms with E-state index in [0.717, 1.165) is 25.5 Å². The van der Waals surface area contributed by atoms with Gasteiger partial charge < -0.3 is 4.74 Å². The second kappa shape index (κ2) is 9.99. The minimum Gasteiger partial charge on any atom is -0.487 e. The van der Waals surface area contributed by atoms with Crippen LogP contribution < -0.4 is 4.74 Å². The first-order valence-corrected chi connectivity index (χ1v) is 11.5. The van der Waals surface area contributed by atoms with Crippen LogP contribution in [0.1, 0.15) is 16.7 Å². The highest BCUT2D eigenvalue weighted by Crippen LogP contribution is 2.36. The van der Waals surface area contributed by atoms with Crippen LogP contribution in [-0.2, 0) is 6.61 Å². The van der Waals surface area contributed by atoms with E-state index in [1.807, 2.05) is 30.3 Å². The summed E-state index contributed by atoms with van der Waals surface area (Å²) in [5.41, 5.74) is 2.54. The number of hydrogen-bond donors (Lipinski definition) is 0. The van der Waals surface area contributed by atoms with E-state index in [0.29, 0.717) is 23.5 Å². The highest BCUT2D eigenvalue weighted by molar-refractivity contribution is 9.11. The van der Waals surface area contributed by atoms with Gasteiger partial charge in [-0.15, -0.1) is 0 Å². The normalized spacial score (nSPS) is 11.2. The molecule has 0 saturated heterocycles. The van der Waals surface area contributed by atoms with Gasteiger partial charge in [-0.2, -0.15) is 5.26 Å². The molecule has 0 aliphatic rings. The number of hydrogen-bond acceptors (Lipinski definition) is 4. The highest BCUT2D eigenvalue weighted by atomic mass is 79.9. The molecule has 0 atom stereocenters. The van der Waals surface area contributed by atoms with E-state index >= 15 is 0 Å². The van der Waals surface area contributed by atoms with E-state index in [-0.39, 0.29) is 5.69 Å². The van der Waals surface area contributed by atoms with Gasteiger partial charge in [-0.1, -0.05) is 48.5 Å². The van der Waals surface area contributed by atoms with E-state index < -0.39 is 4.92 Å². The molecule has 0 saturated carbocycles. The number of nitro benzene ring substituents is 1. The second-order valence-corrected chi connectivity index (χ2v) is 8.97. The summed E-state index contributed by atoms with van der Waals surface area (Å²) in [6.07, 6.45) is 1.68. The van der Waals surface area contributed by atoms with Crippen molar-refractivity contribution >= 4 is 60.0 Å². The van der Waals surface area contributed by atoms with Crippen molar-refractivity contribution in [3.8, 4) is 11.8 Å². The number of fused-ring (bicyclic) bond motifs is 1. The van der Waals surface area contributed by atoms with Crippen LogP contribution in [-0.4, -0.2) is 4.92 Å². The predicted molar refractivity (Wildman–Crippen MR) is 137 cm³/mol. The third kappa shape index (κ3) is 5.30. The molecule has 4 aromatic carbocycles. The lowest BCUT2D eigenvalue weighted by atomic mass is 10.0. The largest absolute Gasteiger partial charge is 0.487 e. The summed E-state index contributed by atoms with van der Waals surface area (Å²) in [6.45, 7) is 0.397. The zero-order valence-corrected chi connectivity index (χ0v) is 20.3. The summed E-state index contributed by atoms with van der Waals surface area (Å²) in [5, 5.41) is 23.0. The number of nitro groups is 1. The fourth-order valence-electron chi connectivity index (χ4n) is 3.42. The second-order valence-electron chi connectivity index (χ2n) is 7.26. The molecule has 0 radical (unpaired) electrons. The van der Waals surface area contributed by atoms with E-state index in [9.17, 15) is 15.4 Å². The topological polar surface area (TPSA) is 76.2 Å². The molecule has 0 N–H and O–H groups in total. The molecule has 5 nitrogen and oxygen atoms in total. The Morgan fingerprint density at radius 2 is 1.70 bits per heavy atom. The number of benzene rings is 4. The molecule has 4 aromatic rings. The van der Waals surface area contributed by atoms with Gasteiger partial charge in [0.25, 0.3) is 5.69 Å². The quantitative estimate of drug-likeness (QED) is 0.103. The molecular formula is C26H16Br2N2O3. The molecule has 0 bridgehead atoms. The first kappa shape index (κ1) is 22.7. The molecular weight excluding hydrogens is 548 g/mol. The number of allylic oxidation sites excluding steroid dienone is 1. The van der Waals surface area contributed by atoms with Gasteiger partial charge in [0.1, 0.15) is 12.4 Å². The Kier molecular flexibility index (Phi) is 6.87. The lowest BCUT2D eigenvalue weighted by molar-refractivity contribution is -0.384. The monoisotopic (exact) mass is 562 g/mol. The average Bonchev–Trinajstić information content (AvgIpc) is 2.82. The van der Waals surface area contributed by atoms with Gasteiger partial charge in [0.15, 0.2) is 0 Å². The van der Waals surface area contributed by atoms with Crippen LogP contribution in [0.4, 0.5) is 5.69 Å². The predicted octanol–water partition coefficient (Wildman–Crippen LogP) is 7.92. The van der Waals surface area contributed by atoms with Gasteiger partial charge >= 0.3 is 0 Å². The molecule has 4 rings (SSSR count). The van der Waals surface area contributed by atoms with Crippen molar-refractivity contribution in [3.05, 3.63) is 115 Å². The van der Waals surface area contributed by atoms with Crippen LogP contribution in [0.3, 0.4) is 0 Å². The molecule has 162 valence electrons. The van der Waals surface area contributed by atoms with Crippen LogP contribution >= 0.6 is 31.9 Å². The molecule has 0 unspecified atom stereocenters. The zero-order chi connectivity index (χ0) is 23.4. The molecule has 7 heteroatoms. The van der Waals surface area contributed by atoms with Crippen LogP contribution in [0, 0.1) is 21.4 Å². The Bertz CT molecular complexity index is 1420. The minimum atomic E-state index is -0.479. The zero-order valence-electron chi connectivity index (χ0n) is 17.2. The molecule has 33 heavy (non-hydrogen) atoms. The Balaban J connectivity index is 1.57. The van der Waals surface area contributed by atoms with Gasteiger partial charge in [0.05, 0.1) is 25.5 Å². The van der Waals surface area contributed by atoms with Crippen molar-refractivity contribution in [2.45, 2.75) is 6.61 Å². The highest BCUT2D eigenvalue weighted by Gasteiger charge is 2.12. The number of rotatable bonds is 6. The van der Waals surface area contributed by atoms with Crippen molar-refractivity contribution < 1.29 is 9.66 Å². The number of non-ortho nitro benzene ring substituents is 1. The maximum atomic E-state index is 11.1. The molecule has 0 heterocycles. The Labute approximate surface area is 207 Å². The van der Waals surface area contributed by atoms with Crippen molar-refractivity contribution in [1.82, 2.24) is 0 Å². The van der Waals surface area contributed by atoms with Crippen LogP contribution in [0.2, 0.25) is 0 Å². The van der Waals surface area contributed by atoms with Gasteiger partial charge in [-0.3, -0.25) is 10.1 Å². The maximum Gasteiger partial charge on any atom is 0.270 e. The molecule has 0 aliphatic carbocycles. The Hall–Kier alpha value is -3.47. The van der Waals surface area contributed by atoms with Gasteiger partial charge in [0.2, 0.25) is 0 Å². The molecule has 0 amide bonds. The van der Waals surface area contributed by atoms with Crippen molar-refractivity contribution in [1.29, 1.82) is 5.26 Å². The number of halogens is 2. The molecule has 0 fully saturated rings. The molecule has 0 aliphatic heterocycles. The third-order valence-electron chi connectivity index (χ3n) is 5.02. The van der Waals surface area contributed by atoms with Gasteiger partial charge in [-0.05, 0) is 83.6 Å². The van der Waals surface area contributed by atoms with E-state index in [1.165, 1.54) is 17.5 Å². The van der Waals surface area contributed by atoms with Gasteiger partial charge in [-0.25, -0.2) is 0 Å². The van der Waals surface area contributed by atoms with Crippen LogP contribution in [0.25, 0.3) is 22.4 Å². The number of nitrogens with zero attached hydrogens (tertiary/aromatic N) is 2. The summed E-state index contributed by atoms with van der Waals surface area (Å²) in [6, 6.07) is 26.2. The maximum absolute atomic E-state index is 11.1. The molecule has 0 aromatic heterocycles. The van der Waals surface area contributed by atoms with Gasteiger partial charge in [0, 0.05) is 12.1 Å². The SMILES string of the molecule is N#C/C(=C/c1cc(Br)c(OCc2ccc3ccccc3c2)c(Br)c1)c1cccc([N+](=O)[O-])c1. The van der Waals surface area contributed by atoms with Crippen molar-refractivity contribution in [3.63, 3.8) is 0 Å². The van der Waals surface area contributed by atoms with Crippen molar-refractivity contribution in [2.24, 2.45) is 0 Å². The smallest absolute Gasteiger partial charge is 0.270 e. The van der Waals surface area contributed by atoms with Crippen molar-refractivity contribution in [2.75, 3.05) is 0 Å². The summed E-state index contributed by atoms with van der Waals surface area (Å²) in [5.74, 6) is 0.647. The first-order valence-electron chi connectivity index (χ1n) is 9.91. The molecule has 0 spiro atoms. The first-order chi connectivity index (χ1) is 15.9. The van der Waals surface area contributed by atoms with E-state index in [1.54, 1.807) is 18.2 Å². The average molecular weight is 564 g/mol. The fourth-order valence-corrected chi connectivity index (χ4v) is 4.87. The summed E-state index contributed by atoms with van der Waals surface area (Å²) < 4.78 is 7.51. The number of nitriles is 1. The standard InChI is InChI=1S/C26H16Br2N2O3/c27-24-12-18(11-22(15-29)21-6-3-7-23(14-21)30(31)32)13-25(28)26(24)33-16-17-8-9-19-4-1-2-5-20(19)10-17/h1-14H,16H2/b22-11-. The minimum absolute atomic E-state index is 0.0616. The third-order valence-corrected chi connectivity index (χ3v) is 6.20. The summed E-state index contributed by atoms with van der Waals surface area (Å²) >= 11 is 7.11. The van der Waals surface area contributed by atoms with E-state index in [2.05, 4.69) is 62.2 Å². The van der Waals surface area contributed by atoms with Crippen LogP contribution in [0.15, 0.2) is 87.8 Å².